The zero-order valence-corrected chi connectivity index (χ0v) is 11.0. The van der Waals surface area contributed by atoms with Crippen molar-refractivity contribution in [2.75, 3.05) is 19.4 Å². The Bertz CT molecular complexity index is 386. The Hall–Kier alpha value is -0.740. The lowest BCUT2D eigenvalue weighted by atomic mass is 10.1. The number of thioether (sulfide) groups is 1. The highest BCUT2D eigenvalue weighted by Gasteiger charge is 2.23. The van der Waals surface area contributed by atoms with Crippen LogP contribution in [0.2, 0.25) is 0 Å². The number of benzene rings is 1. The average molecular weight is 255 g/mol. The molecule has 1 aromatic rings. The Kier molecular flexibility index (Phi) is 4.29. The molecule has 0 amide bonds. The normalized spacial score (nSPS) is 25.4. The zero-order valence-electron chi connectivity index (χ0n) is 10.2. The van der Waals surface area contributed by atoms with Crippen LogP contribution in [0.3, 0.4) is 0 Å². The summed E-state index contributed by atoms with van der Waals surface area (Å²) in [6, 6.07) is 5.04. The summed E-state index contributed by atoms with van der Waals surface area (Å²) in [5, 5.41) is 4.03. The molecule has 94 valence electrons. The van der Waals surface area contributed by atoms with Crippen LogP contribution in [0.4, 0.5) is 4.39 Å². The van der Waals surface area contributed by atoms with Gasteiger partial charge in [0.2, 0.25) is 0 Å². The van der Waals surface area contributed by atoms with Crippen LogP contribution >= 0.6 is 11.8 Å². The fourth-order valence-electron chi connectivity index (χ4n) is 2.08. The van der Waals surface area contributed by atoms with Crippen molar-refractivity contribution in [1.82, 2.24) is 5.32 Å². The molecule has 1 aromatic carbocycles. The Balaban J connectivity index is 2.26. The monoisotopic (exact) mass is 255 g/mol. The third-order valence-electron chi connectivity index (χ3n) is 3.07. The minimum atomic E-state index is -0.183. The summed E-state index contributed by atoms with van der Waals surface area (Å²) in [6.45, 7) is 3.14. The van der Waals surface area contributed by atoms with Gasteiger partial charge >= 0.3 is 0 Å². The van der Waals surface area contributed by atoms with Crippen molar-refractivity contribution < 1.29 is 9.13 Å². The van der Waals surface area contributed by atoms with Gasteiger partial charge in [0.1, 0.15) is 11.6 Å². The van der Waals surface area contributed by atoms with Crippen LogP contribution in [0.15, 0.2) is 18.2 Å². The molecular weight excluding hydrogens is 237 g/mol. The van der Waals surface area contributed by atoms with E-state index in [4.69, 9.17) is 4.74 Å². The molecule has 2 unspecified atom stereocenters. The lowest BCUT2D eigenvalue weighted by molar-refractivity contribution is 0.395. The SMILES string of the molecule is COc1cccc(F)c1C1CSC(C)CCN1. The summed E-state index contributed by atoms with van der Waals surface area (Å²) < 4.78 is 19.2. The van der Waals surface area contributed by atoms with E-state index in [1.54, 1.807) is 13.2 Å². The second kappa shape index (κ2) is 5.74. The average Bonchev–Trinajstić information content (AvgIpc) is 2.54. The number of hydrogen-bond acceptors (Lipinski definition) is 3. The van der Waals surface area contributed by atoms with Gasteiger partial charge in [0.25, 0.3) is 0 Å². The van der Waals surface area contributed by atoms with Crippen molar-refractivity contribution >= 4 is 11.8 Å². The van der Waals surface area contributed by atoms with Crippen molar-refractivity contribution in [3.63, 3.8) is 0 Å². The van der Waals surface area contributed by atoms with Crippen LogP contribution in [0, 0.1) is 5.82 Å². The molecular formula is C13H18FNOS. The third-order valence-corrected chi connectivity index (χ3v) is 4.40. The van der Waals surface area contributed by atoms with E-state index in [2.05, 4.69) is 12.2 Å². The summed E-state index contributed by atoms with van der Waals surface area (Å²) in [7, 11) is 1.59. The topological polar surface area (TPSA) is 21.3 Å². The summed E-state index contributed by atoms with van der Waals surface area (Å²) in [5.41, 5.74) is 0.664. The van der Waals surface area contributed by atoms with Gasteiger partial charge in [-0.25, -0.2) is 4.39 Å². The van der Waals surface area contributed by atoms with Gasteiger partial charge in [-0.2, -0.15) is 11.8 Å². The van der Waals surface area contributed by atoms with Crippen molar-refractivity contribution in [1.29, 1.82) is 0 Å². The fourth-order valence-corrected chi connectivity index (χ4v) is 3.17. The van der Waals surface area contributed by atoms with E-state index in [0.717, 1.165) is 18.7 Å². The predicted octanol–water partition coefficient (Wildman–Crippen LogP) is 2.99. The van der Waals surface area contributed by atoms with Crippen molar-refractivity contribution in [2.45, 2.75) is 24.6 Å². The molecule has 0 radical (unpaired) electrons. The van der Waals surface area contributed by atoms with Gasteiger partial charge in [0.05, 0.1) is 7.11 Å². The molecule has 2 nitrogen and oxygen atoms in total. The molecule has 1 N–H and O–H groups in total. The maximum Gasteiger partial charge on any atom is 0.131 e. The van der Waals surface area contributed by atoms with E-state index in [-0.39, 0.29) is 11.9 Å². The molecule has 1 aliphatic rings. The standard InChI is InChI=1S/C13H18FNOS/c1-9-6-7-15-11(8-17-9)13-10(14)4-3-5-12(13)16-2/h3-5,9,11,15H,6-8H2,1-2H3. The maximum absolute atomic E-state index is 13.9. The van der Waals surface area contributed by atoms with Crippen LogP contribution in [0.25, 0.3) is 0 Å². The summed E-state index contributed by atoms with van der Waals surface area (Å²) >= 11 is 1.89. The lowest BCUT2D eigenvalue weighted by Crippen LogP contribution is -2.24. The van der Waals surface area contributed by atoms with Gasteiger partial charge < -0.3 is 10.1 Å². The molecule has 0 aromatic heterocycles. The Morgan fingerprint density at radius 3 is 3.06 bits per heavy atom. The first-order chi connectivity index (χ1) is 8.22. The Morgan fingerprint density at radius 1 is 1.47 bits per heavy atom. The molecule has 17 heavy (non-hydrogen) atoms. The Labute approximate surface area is 106 Å². The molecule has 1 fully saturated rings. The van der Waals surface area contributed by atoms with Gasteiger partial charge in [0.15, 0.2) is 0 Å². The minimum absolute atomic E-state index is 0.0427. The summed E-state index contributed by atoms with van der Waals surface area (Å²) in [5.74, 6) is 1.34. The van der Waals surface area contributed by atoms with E-state index < -0.39 is 0 Å². The fraction of sp³-hybridized carbons (Fsp3) is 0.538. The quantitative estimate of drug-likeness (QED) is 0.878. The van der Waals surface area contributed by atoms with Crippen LogP contribution in [-0.2, 0) is 0 Å². The van der Waals surface area contributed by atoms with E-state index >= 15 is 0 Å². The number of nitrogens with one attached hydrogen (secondary N) is 1. The first-order valence-electron chi connectivity index (χ1n) is 5.89. The molecule has 0 spiro atoms. The van der Waals surface area contributed by atoms with Crippen LogP contribution in [0.1, 0.15) is 24.9 Å². The Morgan fingerprint density at radius 2 is 2.29 bits per heavy atom. The number of ether oxygens (including phenoxy) is 1. The van der Waals surface area contributed by atoms with Gasteiger partial charge in [-0.1, -0.05) is 13.0 Å². The number of rotatable bonds is 2. The predicted molar refractivity (Wildman–Crippen MR) is 70.2 cm³/mol. The minimum Gasteiger partial charge on any atom is -0.496 e. The molecule has 0 bridgehead atoms. The molecule has 1 aliphatic heterocycles. The highest BCUT2D eigenvalue weighted by molar-refractivity contribution is 7.99. The number of hydrogen-bond donors (Lipinski definition) is 1. The zero-order chi connectivity index (χ0) is 12.3. The number of methoxy groups -OCH3 is 1. The molecule has 1 saturated heterocycles. The smallest absolute Gasteiger partial charge is 0.131 e. The maximum atomic E-state index is 13.9. The van der Waals surface area contributed by atoms with E-state index in [9.17, 15) is 4.39 Å². The van der Waals surface area contributed by atoms with Gasteiger partial charge in [-0.05, 0) is 25.1 Å². The molecule has 2 rings (SSSR count). The molecule has 2 atom stereocenters. The van der Waals surface area contributed by atoms with Crippen molar-refractivity contribution in [3.8, 4) is 5.75 Å². The van der Waals surface area contributed by atoms with E-state index in [1.807, 2.05) is 17.8 Å². The first kappa shape index (κ1) is 12.7. The van der Waals surface area contributed by atoms with Crippen molar-refractivity contribution in [2.24, 2.45) is 0 Å². The van der Waals surface area contributed by atoms with Crippen molar-refractivity contribution in [3.05, 3.63) is 29.6 Å². The first-order valence-corrected chi connectivity index (χ1v) is 6.94. The molecule has 4 heteroatoms. The summed E-state index contributed by atoms with van der Waals surface area (Å²) in [4.78, 5) is 0. The molecule has 1 heterocycles. The molecule has 0 aliphatic carbocycles. The highest BCUT2D eigenvalue weighted by atomic mass is 32.2. The van der Waals surface area contributed by atoms with E-state index in [0.29, 0.717) is 16.6 Å². The third kappa shape index (κ3) is 2.93. The van der Waals surface area contributed by atoms with Crippen LogP contribution in [-0.4, -0.2) is 24.7 Å². The summed E-state index contributed by atoms with van der Waals surface area (Å²) in [6.07, 6.45) is 1.12. The second-order valence-corrected chi connectivity index (χ2v) is 5.77. The van der Waals surface area contributed by atoms with Gasteiger partial charge in [-0.15, -0.1) is 0 Å². The second-order valence-electron chi connectivity index (χ2n) is 4.30. The largest absolute Gasteiger partial charge is 0.496 e. The van der Waals surface area contributed by atoms with Gasteiger partial charge in [0, 0.05) is 22.6 Å². The van der Waals surface area contributed by atoms with Gasteiger partial charge in [-0.3, -0.25) is 0 Å². The van der Waals surface area contributed by atoms with Crippen LogP contribution in [0.5, 0.6) is 5.75 Å². The lowest BCUT2D eigenvalue weighted by Gasteiger charge is -2.19. The van der Waals surface area contributed by atoms with Crippen LogP contribution < -0.4 is 10.1 Å². The van der Waals surface area contributed by atoms with E-state index in [1.165, 1.54) is 6.07 Å². The highest BCUT2D eigenvalue weighted by Crippen LogP contribution is 2.32. The number of halogens is 1. The molecule has 0 saturated carbocycles.